The summed E-state index contributed by atoms with van der Waals surface area (Å²) in [5, 5.41) is 2.17. The minimum Gasteiger partial charge on any atom is -0.332 e. The second-order valence-electron chi connectivity index (χ2n) is 1.34. The standard InChI is InChI=1S/C5H9NO2/c1-2-3-4-5-8-6-7/h4-5H,2-3H2,1H3. The van der Waals surface area contributed by atoms with Crippen LogP contribution < -0.4 is 0 Å². The fourth-order valence-electron chi connectivity index (χ4n) is 0.303. The summed E-state index contributed by atoms with van der Waals surface area (Å²) in [5.74, 6) is 0. The minimum atomic E-state index is 0.926. The number of rotatable bonds is 4. The predicted molar refractivity (Wildman–Crippen MR) is 30.9 cm³/mol. The van der Waals surface area contributed by atoms with Crippen LogP contribution in [0, 0.1) is 4.91 Å². The van der Waals surface area contributed by atoms with Crippen molar-refractivity contribution in [3.8, 4) is 0 Å². The number of hydrogen-bond donors (Lipinski definition) is 0. The first-order chi connectivity index (χ1) is 3.91. The average molecular weight is 115 g/mol. The van der Waals surface area contributed by atoms with Gasteiger partial charge in [-0.25, -0.2) is 0 Å². The first kappa shape index (κ1) is 7.14. The van der Waals surface area contributed by atoms with Gasteiger partial charge in [-0.15, -0.1) is 4.91 Å². The molecule has 3 heteroatoms. The molecule has 8 heavy (non-hydrogen) atoms. The van der Waals surface area contributed by atoms with E-state index in [9.17, 15) is 4.91 Å². The highest BCUT2D eigenvalue weighted by molar-refractivity contribution is 4.71. The van der Waals surface area contributed by atoms with Crippen molar-refractivity contribution in [1.82, 2.24) is 0 Å². The van der Waals surface area contributed by atoms with Gasteiger partial charge in [0.15, 0.2) is 5.34 Å². The van der Waals surface area contributed by atoms with Gasteiger partial charge in [-0.1, -0.05) is 13.3 Å². The second-order valence-corrected chi connectivity index (χ2v) is 1.34. The molecule has 0 N–H and O–H groups in total. The molecule has 0 amide bonds. The van der Waals surface area contributed by atoms with Gasteiger partial charge in [0, 0.05) is 0 Å². The lowest BCUT2D eigenvalue weighted by atomic mass is 10.3. The highest BCUT2D eigenvalue weighted by Crippen LogP contribution is 1.88. The largest absolute Gasteiger partial charge is 0.332 e. The molecule has 0 fully saturated rings. The molecule has 0 bridgehead atoms. The number of unbranched alkanes of at least 4 members (excludes halogenated alkanes) is 1. The lowest BCUT2D eigenvalue weighted by molar-refractivity contribution is 0.261. The average Bonchev–Trinajstić information content (AvgIpc) is 1.81. The molecule has 0 aliphatic heterocycles. The van der Waals surface area contributed by atoms with Crippen molar-refractivity contribution in [3.05, 3.63) is 17.2 Å². The molecule has 0 aromatic carbocycles. The summed E-state index contributed by atoms with van der Waals surface area (Å²) < 4.78 is 0. The topological polar surface area (TPSA) is 38.7 Å². The molecule has 0 atom stereocenters. The molecule has 0 saturated heterocycles. The van der Waals surface area contributed by atoms with Crippen LogP contribution in [0.2, 0.25) is 0 Å². The second kappa shape index (κ2) is 6.14. The minimum absolute atomic E-state index is 0.926. The fourth-order valence-corrected chi connectivity index (χ4v) is 0.303. The van der Waals surface area contributed by atoms with Crippen molar-refractivity contribution in [2.75, 3.05) is 0 Å². The van der Waals surface area contributed by atoms with Gasteiger partial charge in [0.05, 0.1) is 0 Å². The van der Waals surface area contributed by atoms with Crippen molar-refractivity contribution in [2.45, 2.75) is 19.8 Å². The lowest BCUT2D eigenvalue weighted by Gasteiger charge is -1.80. The van der Waals surface area contributed by atoms with Gasteiger partial charge in [0.25, 0.3) is 0 Å². The molecule has 0 unspecified atom stereocenters. The Bertz CT molecular complexity index is 80.5. The summed E-state index contributed by atoms with van der Waals surface area (Å²) in [4.78, 5) is 13.3. The van der Waals surface area contributed by atoms with Crippen molar-refractivity contribution in [1.29, 1.82) is 0 Å². The first-order valence-electron chi connectivity index (χ1n) is 2.55. The van der Waals surface area contributed by atoms with Gasteiger partial charge < -0.3 is 4.84 Å². The molecule has 0 spiro atoms. The summed E-state index contributed by atoms with van der Waals surface area (Å²) in [6.07, 6.45) is 5.02. The maximum absolute atomic E-state index is 9.24. The highest BCUT2D eigenvalue weighted by Gasteiger charge is 1.71. The Hall–Kier alpha value is -0.860. The van der Waals surface area contributed by atoms with Crippen LogP contribution in [0.3, 0.4) is 0 Å². The maximum atomic E-state index is 9.24. The van der Waals surface area contributed by atoms with E-state index in [0.29, 0.717) is 0 Å². The Morgan fingerprint density at radius 3 is 3.00 bits per heavy atom. The van der Waals surface area contributed by atoms with E-state index < -0.39 is 0 Å². The van der Waals surface area contributed by atoms with Gasteiger partial charge in [0.2, 0.25) is 0 Å². The third kappa shape index (κ3) is 5.14. The Morgan fingerprint density at radius 2 is 2.50 bits per heavy atom. The Labute approximate surface area is 48.3 Å². The lowest BCUT2D eigenvalue weighted by Crippen LogP contribution is -1.63. The number of allylic oxidation sites excluding steroid dienone is 1. The van der Waals surface area contributed by atoms with Crippen molar-refractivity contribution >= 4 is 0 Å². The Kier molecular flexibility index (Phi) is 5.48. The molecule has 0 aliphatic carbocycles. The third-order valence-corrected chi connectivity index (χ3v) is 0.655. The van der Waals surface area contributed by atoms with E-state index in [-0.39, 0.29) is 0 Å². The molecule has 3 nitrogen and oxygen atoms in total. The van der Waals surface area contributed by atoms with Gasteiger partial charge in [0.1, 0.15) is 6.26 Å². The van der Waals surface area contributed by atoms with Crippen molar-refractivity contribution in [3.63, 3.8) is 0 Å². The van der Waals surface area contributed by atoms with Gasteiger partial charge in [-0.3, -0.25) is 0 Å². The molecule has 0 saturated carbocycles. The summed E-state index contributed by atoms with van der Waals surface area (Å²) in [6, 6.07) is 0. The van der Waals surface area contributed by atoms with E-state index >= 15 is 0 Å². The monoisotopic (exact) mass is 115 g/mol. The Balaban J connectivity index is 2.94. The molecular weight excluding hydrogens is 106 g/mol. The van der Waals surface area contributed by atoms with Crippen LogP contribution in [0.4, 0.5) is 0 Å². The normalized spacial score (nSPS) is 9.62. The molecule has 0 rings (SSSR count). The van der Waals surface area contributed by atoms with E-state index in [0.717, 1.165) is 12.8 Å². The van der Waals surface area contributed by atoms with Crippen LogP contribution in [-0.4, -0.2) is 0 Å². The molecular formula is C5H9NO2. The van der Waals surface area contributed by atoms with E-state index in [1.165, 1.54) is 6.26 Å². The maximum Gasteiger partial charge on any atom is 0.160 e. The predicted octanol–water partition coefficient (Wildman–Crippen LogP) is 2.00. The van der Waals surface area contributed by atoms with Crippen LogP contribution in [0.1, 0.15) is 19.8 Å². The van der Waals surface area contributed by atoms with E-state index in [4.69, 9.17) is 0 Å². The van der Waals surface area contributed by atoms with Gasteiger partial charge in [-0.05, 0) is 12.5 Å². The van der Waals surface area contributed by atoms with Crippen molar-refractivity contribution < 1.29 is 4.84 Å². The smallest absolute Gasteiger partial charge is 0.160 e. The summed E-state index contributed by atoms with van der Waals surface area (Å²) in [6.45, 7) is 2.04. The first-order valence-corrected chi connectivity index (χ1v) is 2.55. The quantitative estimate of drug-likeness (QED) is 0.319. The zero-order valence-electron chi connectivity index (χ0n) is 4.83. The zero-order valence-corrected chi connectivity index (χ0v) is 4.83. The van der Waals surface area contributed by atoms with Crippen LogP contribution in [0.25, 0.3) is 0 Å². The van der Waals surface area contributed by atoms with E-state index in [1.54, 1.807) is 6.08 Å². The van der Waals surface area contributed by atoms with Crippen LogP contribution in [0.15, 0.2) is 17.7 Å². The summed E-state index contributed by atoms with van der Waals surface area (Å²) >= 11 is 0. The molecule has 0 radical (unpaired) electrons. The van der Waals surface area contributed by atoms with Gasteiger partial charge >= 0.3 is 0 Å². The SMILES string of the molecule is CCCC=CON=O. The number of nitrogens with zero attached hydrogens (tertiary/aromatic N) is 1. The van der Waals surface area contributed by atoms with Crippen LogP contribution in [-0.2, 0) is 4.84 Å². The van der Waals surface area contributed by atoms with Gasteiger partial charge in [-0.2, -0.15) is 0 Å². The summed E-state index contributed by atoms with van der Waals surface area (Å²) in [5.41, 5.74) is 0. The van der Waals surface area contributed by atoms with E-state index in [2.05, 4.69) is 10.2 Å². The van der Waals surface area contributed by atoms with Crippen molar-refractivity contribution in [2.24, 2.45) is 5.34 Å². The highest BCUT2D eigenvalue weighted by atomic mass is 16.7. The molecule has 0 aliphatic rings. The zero-order chi connectivity index (χ0) is 6.24. The molecule has 0 heterocycles. The Morgan fingerprint density at radius 1 is 1.75 bits per heavy atom. The summed E-state index contributed by atoms with van der Waals surface area (Å²) in [7, 11) is 0. The fraction of sp³-hybridized carbons (Fsp3) is 0.600. The van der Waals surface area contributed by atoms with Crippen LogP contribution >= 0.6 is 0 Å². The molecule has 46 valence electrons. The van der Waals surface area contributed by atoms with E-state index in [1.807, 2.05) is 6.92 Å². The van der Waals surface area contributed by atoms with Crippen LogP contribution in [0.5, 0.6) is 0 Å². The molecule has 0 aromatic heterocycles. The number of hydrogen-bond acceptors (Lipinski definition) is 3. The molecule has 0 aromatic rings. The third-order valence-electron chi connectivity index (χ3n) is 0.655.